The summed E-state index contributed by atoms with van der Waals surface area (Å²) in [4.78, 5) is 15.4. The van der Waals surface area contributed by atoms with E-state index in [9.17, 15) is 5.26 Å². The minimum atomic E-state index is 0.142. The van der Waals surface area contributed by atoms with Gasteiger partial charge < -0.3 is 9.47 Å². The van der Waals surface area contributed by atoms with Crippen LogP contribution in [0.4, 0.5) is 5.82 Å². The van der Waals surface area contributed by atoms with Gasteiger partial charge in [0.1, 0.15) is 6.07 Å². The van der Waals surface area contributed by atoms with Gasteiger partial charge in [-0.15, -0.1) is 0 Å². The number of rotatable bonds is 6. The Morgan fingerprint density at radius 2 is 2.04 bits per heavy atom. The highest BCUT2D eigenvalue weighted by atomic mass is 15.5. The van der Waals surface area contributed by atoms with E-state index in [1.807, 2.05) is 4.57 Å². The maximum absolute atomic E-state index is 9.32. The van der Waals surface area contributed by atoms with Crippen molar-refractivity contribution in [1.82, 2.24) is 24.4 Å². The molecule has 0 aliphatic heterocycles. The highest BCUT2D eigenvalue weighted by Crippen LogP contribution is 2.28. The van der Waals surface area contributed by atoms with Crippen LogP contribution >= 0.6 is 0 Å². The summed E-state index contributed by atoms with van der Waals surface area (Å²) in [6, 6.07) is 2.30. The predicted octanol–water partition coefficient (Wildman–Crippen LogP) is 1.66. The highest BCUT2D eigenvalue weighted by Gasteiger charge is 2.24. The third kappa shape index (κ3) is 3.89. The van der Waals surface area contributed by atoms with E-state index < -0.39 is 0 Å². The van der Waals surface area contributed by atoms with Crippen molar-refractivity contribution in [3.05, 3.63) is 12.2 Å². The fourth-order valence-corrected chi connectivity index (χ4v) is 3.41. The molecule has 0 unspecified atom stereocenters. The molecule has 8 heteroatoms. The molecule has 0 radical (unpaired) electrons. The molecule has 2 aromatic rings. The van der Waals surface area contributed by atoms with Crippen LogP contribution in [0.15, 0.2) is 6.33 Å². The van der Waals surface area contributed by atoms with E-state index in [-0.39, 0.29) is 11.9 Å². The first kappa shape index (κ1) is 17.6. The molecular weight excluding hydrogens is 316 g/mol. The number of aromatic nitrogens is 4. The van der Waals surface area contributed by atoms with E-state index in [1.54, 1.807) is 11.3 Å². The Morgan fingerprint density at radius 3 is 2.72 bits per heavy atom. The van der Waals surface area contributed by atoms with Crippen LogP contribution in [0, 0.1) is 11.3 Å². The maximum atomic E-state index is 9.32. The average Bonchev–Trinajstić information content (AvgIpc) is 3.03. The number of hydrazine groups is 1. The van der Waals surface area contributed by atoms with Gasteiger partial charge >= 0.3 is 0 Å². The molecule has 0 bridgehead atoms. The Bertz CT molecular complexity index is 754. The molecule has 134 valence electrons. The van der Waals surface area contributed by atoms with Crippen molar-refractivity contribution in [3.8, 4) is 6.07 Å². The van der Waals surface area contributed by atoms with E-state index in [1.165, 1.54) is 19.3 Å². The minimum absolute atomic E-state index is 0.142. The molecule has 1 aliphatic carbocycles. The largest absolute Gasteiger partial charge is 0.315 e. The second-order valence-corrected chi connectivity index (χ2v) is 6.95. The van der Waals surface area contributed by atoms with Crippen LogP contribution in [0.25, 0.3) is 11.2 Å². The lowest BCUT2D eigenvalue weighted by Gasteiger charge is -2.31. The predicted molar refractivity (Wildman–Crippen MR) is 96.7 cm³/mol. The van der Waals surface area contributed by atoms with E-state index in [0.29, 0.717) is 17.0 Å². The van der Waals surface area contributed by atoms with Gasteiger partial charge in [-0.05, 0) is 39.9 Å². The molecule has 0 spiro atoms. The summed E-state index contributed by atoms with van der Waals surface area (Å²) in [5.41, 5.74) is 1.36. The standard InChI is InChI=1S/C17H26N8/c1-23(2)9-6-10-24-12-20-15-16(24)21-14(11-18)22-17(15)25(19)13-7-4-3-5-8-13/h12-13H,3-10,19H2,1-2H3. The zero-order valence-corrected chi connectivity index (χ0v) is 15.0. The number of aryl methyl sites for hydroxylation is 1. The number of nitrogens with zero attached hydrogens (tertiary/aromatic N) is 7. The summed E-state index contributed by atoms with van der Waals surface area (Å²) in [5, 5.41) is 11.0. The van der Waals surface area contributed by atoms with Crippen LogP contribution in [0.3, 0.4) is 0 Å². The molecule has 0 saturated heterocycles. The van der Waals surface area contributed by atoms with Gasteiger partial charge in [-0.2, -0.15) is 15.2 Å². The van der Waals surface area contributed by atoms with Crippen LogP contribution in [-0.2, 0) is 6.54 Å². The van der Waals surface area contributed by atoms with Gasteiger partial charge in [0.05, 0.1) is 6.33 Å². The van der Waals surface area contributed by atoms with Gasteiger partial charge in [0.2, 0.25) is 5.82 Å². The van der Waals surface area contributed by atoms with Gasteiger partial charge in [-0.25, -0.2) is 10.8 Å². The van der Waals surface area contributed by atoms with Gasteiger partial charge in [-0.1, -0.05) is 19.3 Å². The number of nitrogens with two attached hydrogens (primary N) is 1. The van der Waals surface area contributed by atoms with E-state index in [0.717, 1.165) is 32.4 Å². The monoisotopic (exact) mass is 342 g/mol. The summed E-state index contributed by atoms with van der Waals surface area (Å²) in [6.45, 7) is 1.78. The number of hydrogen-bond acceptors (Lipinski definition) is 7. The van der Waals surface area contributed by atoms with Crippen LogP contribution in [0.2, 0.25) is 0 Å². The van der Waals surface area contributed by atoms with Crippen LogP contribution in [0.1, 0.15) is 44.3 Å². The second-order valence-electron chi connectivity index (χ2n) is 6.95. The van der Waals surface area contributed by atoms with E-state index in [2.05, 4.69) is 40.0 Å². The molecule has 25 heavy (non-hydrogen) atoms. The Kier molecular flexibility index (Phi) is 5.46. The second kappa shape index (κ2) is 7.76. The third-order valence-electron chi connectivity index (χ3n) is 4.76. The third-order valence-corrected chi connectivity index (χ3v) is 4.76. The molecule has 1 aliphatic rings. The smallest absolute Gasteiger partial charge is 0.236 e. The minimum Gasteiger partial charge on any atom is -0.315 e. The van der Waals surface area contributed by atoms with Crippen molar-refractivity contribution in [1.29, 1.82) is 5.26 Å². The van der Waals surface area contributed by atoms with Gasteiger partial charge in [0.25, 0.3) is 0 Å². The average molecular weight is 342 g/mol. The van der Waals surface area contributed by atoms with Crippen molar-refractivity contribution in [3.63, 3.8) is 0 Å². The topological polar surface area (TPSA) is 99.9 Å². The van der Waals surface area contributed by atoms with Crippen LogP contribution in [0.5, 0.6) is 0 Å². The zero-order chi connectivity index (χ0) is 17.8. The molecule has 0 atom stereocenters. The van der Waals surface area contributed by atoms with E-state index in [4.69, 9.17) is 5.84 Å². The number of imidazole rings is 1. The van der Waals surface area contributed by atoms with Gasteiger partial charge in [0, 0.05) is 12.6 Å². The van der Waals surface area contributed by atoms with Gasteiger partial charge in [0.15, 0.2) is 17.0 Å². The first-order valence-electron chi connectivity index (χ1n) is 8.92. The molecular formula is C17H26N8. The summed E-state index contributed by atoms with van der Waals surface area (Å²) in [7, 11) is 4.10. The Morgan fingerprint density at radius 1 is 1.28 bits per heavy atom. The molecule has 8 nitrogen and oxygen atoms in total. The molecule has 1 saturated carbocycles. The Labute approximate surface area is 148 Å². The first-order chi connectivity index (χ1) is 12.1. The highest BCUT2D eigenvalue weighted by molar-refractivity contribution is 5.83. The van der Waals surface area contributed by atoms with Crippen LogP contribution in [-0.4, -0.2) is 51.1 Å². The Hall–Kier alpha value is -2.24. The molecule has 2 aromatic heterocycles. The number of nitriles is 1. The number of anilines is 1. The number of fused-ring (bicyclic) bond motifs is 1. The molecule has 0 aromatic carbocycles. The summed E-state index contributed by atoms with van der Waals surface area (Å²) < 4.78 is 1.99. The van der Waals surface area contributed by atoms with E-state index >= 15 is 0 Å². The maximum Gasteiger partial charge on any atom is 0.236 e. The molecule has 3 rings (SSSR count). The zero-order valence-electron chi connectivity index (χ0n) is 15.0. The quantitative estimate of drug-likeness (QED) is 0.629. The lowest BCUT2D eigenvalue weighted by molar-refractivity contribution is 0.387. The Balaban J connectivity index is 1.92. The molecule has 1 fully saturated rings. The fraction of sp³-hybridized carbons (Fsp3) is 0.647. The fourth-order valence-electron chi connectivity index (χ4n) is 3.41. The molecule has 0 amide bonds. The summed E-state index contributed by atoms with van der Waals surface area (Å²) in [6.07, 6.45) is 8.46. The molecule has 2 N–H and O–H groups in total. The summed E-state index contributed by atoms with van der Waals surface area (Å²) in [5.74, 6) is 7.10. The summed E-state index contributed by atoms with van der Waals surface area (Å²) >= 11 is 0. The van der Waals surface area contributed by atoms with Crippen molar-refractivity contribution < 1.29 is 0 Å². The molecule has 2 heterocycles. The number of hydrogen-bond donors (Lipinski definition) is 1. The van der Waals surface area contributed by atoms with Crippen molar-refractivity contribution in [2.45, 2.75) is 51.1 Å². The SMILES string of the molecule is CN(C)CCCn1cnc2c(N(N)C3CCCCC3)nc(C#N)nc21. The van der Waals surface area contributed by atoms with Crippen LogP contribution < -0.4 is 10.9 Å². The van der Waals surface area contributed by atoms with Gasteiger partial charge in [-0.3, -0.25) is 5.01 Å². The van der Waals surface area contributed by atoms with Crippen molar-refractivity contribution >= 4 is 17.0 Å². The first-order valence-corrected chi connectivity index (χ1v) is 8.92. The lowest BCUT2D eigenvalue weighted by Crippen LogP contribution is -2.43. The van der Waals surface area contributed by atoms with Crippen molar-refractivity contribution in [2.75, 3.05) is 25.6 Å². The normalized spacial score (nSPS) is 15.6. The van der Waals surface area contributed by atoms with Crippen molar-refractivity contribution in [2.24, 2.45) is 5.84 Å². The lowest BCUT2D eigenvalue weighted by atomic mass is 9.95.